The van der Waals surface area contributed by atoms with E-state index < -0.39 is 17.9 Å². The van der Waals surface area contributed by atoms with Gasteiger partial charge in [0.05, 0.1) is 6.54 Å². The number of carbonyl (C=O) groups is 2. The average molecular weight is 411 g/mol. The van der Waals surface area contributed by atoms with Crippen LogP contribution in [0.2, 0.25) is 0 Å². The molecule has 1 aromatic carbocycles. The van der Waals surface area contributed by atoms with Crippen LogP contribution in [0.3, 0.4) is 0 Å². The Labute approximate surface area is 176 Å². The van der Waals surface area contributed by atoms with Crippen molar-refractivity contribution in [1.29, 1.82) is 0 Å². The third kappa shape index (κ3) is 4.99. The molecule has 1 atom stereocenters. The van der Waals surface area contributed by atoms with Crippen molar-refractivity contribution in [1.82, 2.24) is 9.88 Å². The maximum Gasteiger partial charge on any atom is 0.326 e. The molecule has 1 heterocycles. The number of benzene rings is 1. The van der Waals surface area contributed by atoms with Gasteiger partial charge in [-0.05, 0) is 48.8 Å². The zero-order valence-corrected chi connectivity index (χ0v) is 17.7. The van der Waals surface area contributed by atoms with Crippen molar-refractivity contribution in [3.8, 4) is 0 Å². The zero-order valence-electron chi connectivity index (χ0n) is 17.7. The Morgan fingerprint density at radius 1 is 1.07 bits per heavy atom. The maximum absolute atomic E-state index is 13.4. The van der Waals surface area contributed by atoms with Gasteiger partial charge in [0.1, 0.15) is 11.6 Å². The topological polar surface area (TPSA) is 88.4 Å². The van der Waals surface area contributed by atoms with Crippen molar-refractivity contribution in [2.45, 2.75) is 65.0 Å². The smallest absolute Gasteiger partial charge is 0.326 e. The highest BCUT2D eigenvalue weighted by Gasteiger charge is 2.27. The minimum Gasteiger partial charge on any atom is -0.480 e. The average Bonchev–Trinajstić information content (AvgIpc) is 2.69. The van der Waals surface area contributed by atoms with E-state index >= 15 is 0 Å². The first-order valence-electron chi connectivity index (χ1n) is 10.7. The maximum atomic E-state index is 13.4. The summed E-state index contributed by atoms with van der Waals surface area (Å²) in [5, 5.41) is 12.0. The summed E-state index contributed by atoms with van der Waals surface area (Å²) in [5.41, 5.74) is 2.68. The molecule has 0 aliphatic heterocycles. The van der Waals surface area contributed by atoms with Gasteiger partial charge in [-0.3, -0.25) is 9.59 Å². The Morgan fingerprint density at radius 2 is 1.73 bits per heavy atom. The molecule has 1 aliphatic rings. The van der Waals surface area contributed by atoms with E-state index in [4.69, 9.17) is 0 Å². The third-order valence-corrected chi connectivity index (χ3v) is 5.75. The van der Waals surface area contributed by atoms with E-state index in [1.54, 1.807) is 24.5 Å². The first-order valence-corrected chi connectivity index (χ1v) is 10.7. The fourth-order valence-corrected chi connectivity index (χ4v) is 4.06. The molecule has 0 saturated carbocycles. The minimum absolute atomic E-state index is 0.0251. The van der Waals surface area contributed by atoms with E-state index in [0.29, 0.717) is 6.54 Å². The number of rotatable bonds is 6. The molecule has 6 nitrogen and oxygen atoms in total. The predicted octanol–water partition coefficient (Wildman–Crippen LogP) is 3.39. The summed E-state index contributed by atoms with van der Waals surface area (Å²) in [4.78, 5) is 37.8. The van der Waals surface area contributed by atoms with E-state index in [1.807, 2.05) is 30.3 Å². The Hall–Kier alpha value is -2.89. The standard InChI is InChI=1S/C24H30N2O4/c1-16(2)21(24(29)30)25-22(27)19-14-18-12-8-3-4-9-13-20(18)26(23(19)28)15-17-10-6-5-7-11-17/h5-7,10-11,14,16,21H,3-4,8-9,12-13,15H2,1-2H3,(H,25,27)(H,29,30)/t21-/m0/s1. The van der Waals surface area contributed by atoms with Crippen molar-refractivity contribution in [2.24, 2.45) is 5.92 Å². The summed E-state index contributed by atoms with van der Waals surface area (Å²) < 4.78 is 1.72. The highest BCUT2D eigenvalue weighted by molar-refractivity contribution is 5.96. The Bertz CT molecular complexity index is 963. The Balaban J connectivity index is 2.06. The molecular formula is C24H30N2O4. The Morgan fingerprint density at radius 3 is 2.37 bits per heavy atom. The molecule has 1 amide bonds. The summed E-state index contributed by atoms with van der Waals surface area (Å²) in [7, 11) is 0. The van der Waals surface area contributed by atoms with Crippen LogP contribution >= 0.6 is 0 Å². The first-order chi connectivity index (χ1) is 14.4. The van der Waals surface area contributed by atoms with Gasteiger partial charge in [-0.15, -0.1) is 0 Å². The highest BCUT2D eigenvalue weighted by Crippen LogP contribution is 2.21. The molecule has 6 heteroatoms. The summed E-state index contributed by atoms with van der Waals surface area (Å²) in [6, 6.07) is 10.4. The van der Waals surface area contributed by atoms with Crippen LogP contribution in [0.5, 0.6) is 0 Å². The number of hydrogen-bond acceptors (Lipinski definition) is 3. The SMILES string of the molecule is CC(C)[C@H](NC(=O)c1cc2c(n(Cc3ccccc3)c1=O)CCCCCC2)C(=O)O. The number of nitrogens with zero attached hydrogens (tertiary/aromatic N) is 1. The van der Waals surface area contributed by atoms with Gasteiger partial charge in [0.15, 0.2) is 0 Å². The van der Waals surface area contributed by atoms with E-state index in [1.165, 1.54) is 0 Å². The van der Waals surface area contributed by atoms with Crippen LogP contribution in [0.25, 0.3) is 0 Å². The molecule has 0 saturated heterocycles. The van der Waals surface area contributed by atoms with Crippen LogP contribution in [0, 0.1) is 5.92 Å². The normalized spacial score (nSPS) is 15.0. The van der Waals surface area contributed by atoms with Crippen LogP contribution in [0.1, 0.15) is 66.7 Å². The summed E-state index contributed by atoms with van der Waals surface area (Å²) in [6.07, 6.45) is 5.92. The number of amides is 1. The minimum atomic E-state index is -1.10. The van der Waals surface area contributed by atoms with Gasteiger partial charge in [0, 0.05) is 5.69 Å². The van der Waals surface area contributed by atoms with E-state index in [2.05, 4.69) is 5.32 Å². The Kier molecular flexibility index (Phi) is 7.08. The monoisotopic (exact) mass is 410 g/mol. The first kappa shape index (κ1) is 21.8. The van der Waals surface area contributed by atoms with Crippen molar-refractivity contribution in [2.75, 3.05) is 0 Å². The number of hydrogen-bond donors (Lipinski definition) is 2. The number of pyridine rings is 1. The second-order valence-electron chi connectivity index (χ2n) is 8.35. The lowest BCUT2D eigenvalue weighted by molar-refractivity contribution is -0.140. The second-order valence-corrected chi connectivity index (χ2v) is 8.35. The summed E-state index contributed by atoms with van der Waals surface area (Å²) in [5.74, 6) is -2.01. The number of aromatic nitrogens is 1. The molecule has 1 aromatic heterocycles. The van der Waals surface area contributed by atoms with Crippen molar-refractivity contribution in [3.05, 3.63) is 69.1 Å². The molecule has 30 heavy (non-hydrogen) atoms. The van der Waals surface area contributed by atoms with Crippen LogP contribution < -0.4 is 10.9 Å². The number of carboxylic acid groups (broad SMARTS) is 1. The lowest BCUT2D eigenvalue weighted by atomic mass is 9.95. The number of nitrogens with one attached hydrogen (secondary N) is 1. The number of aryl methyl sites for hydroxylation is 1. The molecular weight excluding hydrogens is 380 g/mol. The van der Waals surface area contributed by atoms with Gasteiger partial charge < -0.3 is 15.0 Å². The van der Waals surface area contributed by atoms with E-state index in [-0.39, 0.29) is 17.0 Å². The number of fused-ring (bicyclic) bond motifs is 1. The molecule has 0 spiro atoms. The van der Waals surface area contributed by atoms with Crippen LogP contribution in [0.4, 0.5) is 0 Å². The van der Waals surface area contributed by atoms with Gasteiger partial charge in [-0.1, -0.05) is 57.0 Å². The lowest BCUT2D eigenvalue weighted by Gasteiger charge is -2.22. The molecule has 2 aromatic rings. The van der Waals surface area contributed by atoms with E-state index in [0.717, 1.165) is 55.3 Å². The quantitative estimate of drug-likeness (QED) is 0.764. The molecule has 0 bridgehead atoms. The van der Waals surface area contributed by atoms with Crippen LogP contribution in [-0.4, -0.2) is 27.6 Å². The fourth-order valence-electron chi connectivity index (χ4n) is 4.06. The molecule has 1 aliphatic carbocycles. The third-order valence-electron chi connectivity index (χ3n) is 5.75. The largest absolute Gasteiger partial charge is 0.480 e. The van der Waals surface area contributed by atoms with Gasteiger partial charge in [-0.25, -0.2) is 4.79 Å². The lowest BCUT2D eigenvalue weighted by Crippen LogP contribution is -2.46. The molecule has 3 rings (SSSR count). The van der Waals surface area contributed by atoms with Crippen molar-refractivity contribution in [3.63, 3.8) is 0 Å². The van der Waals surface area contributed by atoms with Gasteiger partial charge in [0.25, 0.3) is 11.5 Å². The predicted molar refractivity (Wildman–Crippen MR) is 116 cm³/mol. The second kappa shape index (κ2) is 9.74. The van der Waals surface area contributed by atoms with Crippen LogP contribution in [-0.2, 0) is 24.2 Å². The molecule has 0 unspecified atom stereocenters. The van der Waals surface area contributed by atoms with Gasteiger partial charge in [0.2, 0.25) is 0 Å². The molecule has 160 valence electrons. The van der Waals surface area contributed by atoms with Crippen molar-refractivity contribution < 1.29 is 14.7 Å². The zero-order chi connectivity index (χ0) is 21.7. The number of carbonyl (C=O) groups excluding carboxylic acids is 1. The number of aliphatic carboxylic acids is 1. The fraction of sp³-hybridized carbons (Fsp3) is 0.458. The summed E-state index contributed by atoms with van der Waals surface area (Å²) >= 11 is 0. The van der Waals surface area contributed by atoms with Crippen molar-refractivity contribution >= 4 is 11.9 Å². The number of carboxylic acids is 1. The highest BCUT2D eigenvalue weighted by atomic mass is 16.4. The summed E-state index contributed by atoms with van der Waals surface area (Å²) in [6.45, 7) is 3.86. The molecule has 2 N–H and O–H groups in total. The molecule has 0 radical (unpaired) electrons. The molecule has 0 fully saturated rings. The van der Waals surface area contributed by atoms with E-state index in [9.17, 15) is 19.5 Å². The van der Waals surface area contributed by atoms with Crippen LogP contribution in [0.15, 0.2) is 41.2 Å². The van der Waals surface area contributed by atoms with Gasteiger partial charge >= 0.3 is 5.97 Å². The van der Waals surface area contributed by atoms with Gasteiger partial charge in [-0.2, -0.15) is 0 Å².